The highest BCUT2D eigenvalue weighted by Gasteiger charge is 2.38. The van der Waals surface area contributed by atoms with E-state index in [0.717, 1.165) is 16.9 Å². The molecule has 218 valence electrons. The van der Waals surface area contributed by atoms with Gasteiger partial charge in [-0.3, -0.25) is 18.7 Å². The van der Waals surface area contributed by atoms with Crippen LogP contribution in [-0.4, -0.2) is 78.5 Å². The number of nitrogens with two attached hydrogens (primary N) is 1. The molecule has 0 unspecified atom stereocenters. The summed E-state index contributed by atoms with van der Waals surface area (Å²) in [7, 11) is 0. The van der Waals surface area contributed by atoms with E-state index in [1.165, 1.54) is 27.9 Å². The quantitative estimate of drug-likeness (QED) is 0.329. The van der Waals surface area contributed by atoms with Gasteiger partial charge in [-0.05, 0) is 24.6 Å². The zero-order valence-corrected chi connectivity index (χ0v) is 22.2. The summed E-state index contributed by atoms with van der Waals surface area (Å²) >= 11 is 0. The summed E-state index contributed by atoms with van der Waals surface area (Å²) in [6, 6.07) is 4.43. The number of hydrogen-bond donors (Lipinski definition) is 2. The maximum atomic E-state index is 15.3. The molecule has 0 spiro atoms. The fourth-order valence-corrected chi connectivity index (χ4v) is 4.85. The maximum absolute atomic E-state index is 15.3. The Kier molecular flexibility index (Phi) is 7.52. The van der Waals surface area contributed by atoms with Gasteiger partial charge in [0.2, 0.25) is 5.91 Å². The van der Waals surface area contributed by atoms with Gasteiger partial charge < -0.3 is 20.9 Å². The van der Waals surface area contributed by atoms with Gasteiger partial charge >= 0.3 is 6.18 Å². The Morgan fingerprint density at radius 3 is 2.50 bits per heavy atom. The van der Waals surface area contributed by atoms with Crippen molar-refractivity contribution in [1.82, 2.24) is 33.9 Å². The van der Waals surface area contributed by atoms with E-state index in [4.69, 9.17) is 11.0 Å². The Morgan fingerprint density at radius 1 is 1.14 bits per heavy atom. The number of nitriles is 1. The summed E-state index contributed by atoms with van der Waals surface area (Å²) in [5, 5.41) is 15.3. The fraction of sp³-hybridized carbons (Fsp3) is 0.308. The molecule has 3 aromatic heterocycles. The molecule has 3 N–H and O–H groups in total. The predicted molar refractivity (Wildman–Crippen MR) is 141 cm³/mol. The van der Waals surface area contributed by atoms with Gasteiger partial charge in [0.1, 0.15) is 12.4 Å². The van der Waals surface area contributed by atoms with Crippen molar-refractivity contribution in [2.24, 2.45) is 5.73 Å². The van der Waals surface area contributed by atoms with Gasteiger partial charge in [0.05, 0.1) is 35.6 Å². The number of aryl methyl sites for hydroxylation is 1. The summed E-state index contributed by atoms with van der Waals surface area (Å²) in [6.45, 7) is 2.16. The lowest BCUT2D eigenvalue weighted by Crippen LogP contribution is -2.52. The SMILES string of the molecule is Cc1cc(Nc2nccn3c(-c4cn(CC#N)nc4C(F)(F)F)cnc23)cc(F)c1C(=O)N1CCN(C(=O)CN)CC1. The van der Waals surface area contributed by atoms with Gasteiger partial charge in [0.15, 0.2) is 17.2 Å². The minimum absolute atomic E-state index is 0.0588. The number of benzene rings is 1. The third kappa shape index (κ3) is 5.33. The molecule has 1 aliphatic rings. The van der Waals surface area contributed by atoms with Gasteiger partial charge in [0.25, 0.3) is 5.91 Å². The number of piperazine rings is 1. The minimum Gasteiger partial charge on any atom is -0.338 e. The number of carbonyl (C=O) groups is 2. The lowest BCUT2D eigenvalue weighted by Gasteiger charge is -2.35. The number of hydrogen-bond acceptors (Lipinski definition) is 8. The largest absolute Gasteiger partial charge is 0.435 e. The van der Waals surface area contributed by atoms with Crippen LogP contribution < -0.4 is 11.1 Å². The molecule has 2 amide bonds. The minimum atomic E-state index is -4.78. The topological polar surface area (TPSA) is 150 Å². The lowest BCUT2D eigenvalue weighted by atomic mass is 10.0. The van der Waals surface area contributed by atoms with Crippen molar-refractivity contribution >= 4 is 29.0 Å². The van der Waals surface area contributed by atoms with Crippen LogP contribution in [0.5, 0.6) is 0 Å². The van der Waals surface area contributed by atoms with Gasteiger partial charge in [-0.2, -0.15) is 23.5 Å². The van der Waals surface area contributed by atoms with E-state index in [9.17, 15) is 22.8 Å². The molecular formula is C26H24F4N10O2. The second-order valence-corrected chi connectivity index (χ2v) is 9.51. The third-order valence-corrected chi connectivity index (χ3v) is 6.83. The molecule has 42 heavy (non-hydrogen) atoms. The average molecular weight is 585 g/mol. The van der Waals surface area contributed by atoms with Crippen LogP contribution in [0.2, 0.25) is 0 Å². The lowest BCUT2D eigenvalue weighted by molar-refractivity contribution is -0.141. The van der Waals surface area contributed by atoms with Crippen molar-refractivity contribution in [3.63, 3.8) is 0 Å². The van der Waals surface area contributed by atoms with Crippen LogP contribution in [0, 0.1) is 24.1 Å². The van der Waals surface area contributed by atoms with Crippen molar-refractivity contribution in [1.29, 1.82) is 5.26 Å². The number of anilines is 2. The predicted octanol–water partition coefficient (Wildman–Crippen LogP) is 2.57. The van der Waals surface area contributed by atoms with E-state index in [-0.39, 0.29) is 66.1 Å². The number of aromatic nitrogens is 5. The van der Waals surface area contributed by atoms with E-state index >= 15 is 4.39 Å². The van der Waals surface area contributed by atoms with Crippen LogP contribution in [-0.2, 0) is 17.5 Å². The van der Waals surface area contributed by atoms with Crippen molar-refractivity contribution < 1.29 is 27.2 Å². The van der Waals surface area contributed by atoms with Gasteiger partial charge in [-0.25, -0.2) is 14.4 Å². The number of amides is 2. The summed E-state index contributed by atoms with van der Waals surface area (Å²) in [6.07, 6.45) is 0.313. The number of alkyl halides is 3. The molecule has 1 saturated heterocycles. The van der Waals surface area contributed by atoms with Crippen molar-refractivity contribution in [2.75, 3.05) is 38.0 Å². The highest BCUT2D eigenvalue weighted by molar-refractivity contribution is 5.96. The Morgan fingerprint density at radius 2 is 1.86 bits per heavy atom. The van der Waals surface area contributed by atoms with Crippen molar-refractivity contribution in [2.45, 2.75) is 19.6 Å². The molecule has 5 rings (SSSR count). The normalized spacial score (nSPS) is 13.8. The highest BCUT2D eigenvalue weighted by Crippen LogP contribution is 2.37. The highest BCUT2D eigenvalue weighted by atomic mass is 19.4. The zero-order valence-electron chi connectivity index (χ0n) is 22.2. The van der Waals surface area contributed by atoms with Crippen molar-refractivity contribution in [3.05, 3.63) is 59.6 Å². The maximum Gasteiger partial charge on any atom is 0.435 e. The first kappa shape index (κ1) is 28.5. The third-order valence-electron chi connectivity index (χ3n) is 6.83. The molecule has 1 aliphatic heterocycles. The molecule has 16 heteroatoms. The van der Waals surface area contributed by atoms with Crippen molar-refractivity contribution in [3.8, 4) is 17.3 Å². The zero-order chi connectivity index (χ0) is 30.2. The molecule has 1 aromatic carbocycles. The second kappa shape index (κ2) is 11.1. The molecular weight excluding hydrogens is 560 g/mol. The molecule has 4 heterocycles. The summed E-state index contributed by atoms with van der Waals surface area (Å²) < 4.78 is 58.7. The van der Waals surface area contributed by atoms with Gasteiger partial charge in [-0.1, -0.05) is 0 Å². The average Bonchev–Trinajstić information content (AvgIpc) is 3.57. The number of imidazole rings is 1. The smallest absolute Gasteiger partial charge is 0.338 e. The van der Waals surface area contributed by atoms with Gasteiger partial charge in [-0.15, -0.1) is 0 Å². The number of nitrogens with zero attached hydrogens (tertiary/aromatic N) is 8. The number of rotatable bonds is 6. The Bertz CT molecular complexity index is 1690. The van der Waals surface area contributed by atoms with E-state index in [1.54, 1.807) is 24.0 Å². The number of fused-ring (bicyclic) bond motifs is 1. The van der Waals surface area contributed by atoms with Gasteiger partial charge in [0, 0.05) is 50.5 Å². The summed E-state index contributed by atoms with van der Waals surface area (Å²) in [4.78, 5) is 36.4. The first-order valence-corrected chi connectivity index (χ1v) is 12.7. The monoisotopic (exact) mass is 584 g/mol. The number of nitrogens with one attached hydrogen (secondary N) is 1. The van der Waals surface area contributed by atoms with E-state index in [0.29, 0.717) is 18.7 Å². The van der Waals surface area contributed by atoms with Crippen LogP contribution in [0.4, 0.5) is 29.1 Å². The fourth-order valence-electron chi connectivity index (χ4n) is 4.85. The summed E-state index contributed by atoms with van der Waals surface area (Å²) in [5.74, 6) is -1.38. The van der Waals surface area contributed by atoms with Crippen LogP contribution in [0.3, 0.4) is 0 Å². The molecule has 0 radical (unpaired) electrons. The van der Waals surface area contributed by atoms with E-state index < -0.39 is 23.6 Å². The Hall–Kier alpha value is -5.04. The van der Waals surface area contributed by atoms with Crippen LogP contribution in [0.15, 0.2) is 36.9 Å². The first-order valence-electron chi connectivity index (χ1n) is 12.7. The van der Waals surface area contributed by atoms with Crippen LogP contribution >= 0.6 is 0 Å². The molecule has 0 aliphatic carbocycles. The van der Waals surface area contributed by atoms with E-state index in [2.05, 4.69) is 20.4 Å². The molecule has 1 fully saturated rings. The first-order chi connectivity index (χ1) is 20.0. The molecule has 0 saturated carbocycles. The molecule has 0 atom stereocenters. The summed E-state index contributed by atoms with van der Waals surface area (Å²) in [5.41, 5.74) is 4.63. The number of halogens is 4. The Balaban J connectivity index is 1.41. The molecule has 4 aromatic rings. The standard InChI is InChI=1S/C26H24F4N10O2/c1-15-10-16(11-18(27)21(15)25(42)38-8-6-37(7-9-38)20(41)12-32)35-23-24-34-13-19(40(24)5-3-33-23)17-14-39(4-2-31)36-22(17)26(28,29)30/h3,5,10-11,13-14H,4,6-9,12,32H2,1H3,(H,33,35). The Labute approximate surface area is 236 Å². The van der Waals surface area contributed by atoms with Crippen LogP contribution in [0.1, 0.15) is 21.6 Å². The second-order valence-electron chi connectivity index (χ2n) is 9.51. The van der Waals surface area contributed by atoms with E-state index in [1.807, 2.05) is 0 Å². The molecule has 12 nitrogen and oxygen atoms in total. The molecule has 0 bridgehead atoms. The van der Waals surface area contributed by atoms with Crippen LogP contribution in [0.25, 0.3) is 16.9 Å². The number of carbonyl (C=O) groups excluding carboxylic acids is 2.